The highest BCUT2D eigenvalue weighted by Crippen LogP contribution is 2.36. The second kappa shape index (κ2) is 4.78. The molecule has 1 aromatic carbocycles. The average Bonchev–Trinajstić information content (AvgIpc) is 2.81. The summed E-state index contributed by atoms with van der Waals surface area (Å²) >= 11 is 0. The van der Waals surface area contributed by atoms with Gasteiger partial charge < -0.3 is 19.5 Å². The van der Waals surface area contributed by atoms with Gasteiger partial charge in [-0.3, -0.25) is 0 Å². The van der Waals surface area contributed by atoms with Crippen LogP contribution in [0.25, 0.3) is 0 Å². The molecule has 0 radical (unpaired) electrons. The standard InChI is InChI=1S/C14H19NO3/c1-16-14(6-3-7-14)9-15-8-11-4-2-5-12-13(11)18-10-17-12/h2,4-5,15H,3,6-10H2,1H3. The van der Waals surface area contributed by atoms with Crippen molar-refractivity contribution in [1.29, 1.82) is 0 Å². The van der Waals surface area contributed by atoms with Crippen LogP contribution in [-0.4, -0.2) is 26.0 Å². The van der Waals surface area contributed by atoms with Gasteiger partial charge in [0.25, 0.3) is 0 Å². The Morgan fingerprint density at radius 3 is 2.94 bits per heavy atom. The van der Waals surface area contributed by atoms with Crippen LogP contribution in [0.3, 0.4) is 0 Å². The lowest BCUT2D eigenvalue weighted by atomic mass is 9.80. The Kier molecular flexibility index (Phi) is 3.14. The van der Waals surface area contributed by atoms with E-state index in [-0.39, 0.29) is 5.60 Å². The zero-order valence-electron chi connectivity index (χ0n) is 10.7. The van der Waals surface area contributed by atoms with Crippen LogP contribution in [0, 0.1) is 0 Å². The van der Waals surface area contributed by atoms with Gasteiger partial charge in [-0.2, -0.15) is 0 Å². The molecule has 1 N–H and O–H groups in total. The molecule has 1 aliphatic heterocycles. The van der Waals surface area contributed by atoms with E-state index in [0.717, 1.165) is 43.0 Å². The minimum absolute atomic E-state index is 0.0648. The SMILES string of the molecule is COC1(CNCc2cccc3c2OCO3)CCC1. The largest absolute Gasteiger partial charge is 0.454 e. The highest BCUT2D eigenvalue weighted by molar-refractivity contribution is 5.48. The zero-order valence-corrected chi connectivity index (χ0v) is 10.7. The minimum Gasteiger partial charge on any atom is -0.454 e. The third-order valence-corrected chi connectivity index (χ3v) is 3.94. The third kappa shape index (κ3) is 2.06. The molecule has 1 fully saturated rings. The van der Waals surface area contributed by atoms with Crippen molar-refractivity contribution in [2.24, 2.45) is 0 Å². The van der Waals surface area contributed by atoms with Crippen LogP contribution in [-0.2, 0) is 11.3 Å². The first-order valence-electron chi connectivity index (χ1n) is 6.46. The Hall–Kier alpha value is -1.26. The Bertz CT molecular complexity index is 424. The first kappa shape index (κ1) is 11.8. The van der Waals surface area contributed by atoms with Crippen molar-refractivity contribution in [1.82, 2.24) is 5.32 Å². The number of methoxy groups -OCH3 is 1. The highest BCUT2D eigenvalue weighted by Gasteiger charge is 2.36. The van der Waals surface area contributed by atoms with Gasteiger partial charge >= 0.3 is 0 Å². The van der Waals surface area contributed by atoms with Crippen molar-refractivity contribution in [3.8, 4) is 11.5 Å². The van der Waals surface area contributed by atoms with Crippen LogP contribution in [0.5, 0.6) is 11.5 Å². The Labute approximate surface area is 107 Å². The third-order valence-electron chi connectivity index (χ3n) is 3.94. The molecule has 0 atom stereocenters. The number of benzene rings is 1. The monoisotopic (exact) mass is 249 g/mol. The summed E-state index contributed by atoms with van der Waals surface area (Å²) < 4.78 is 16.4. The quantitative estimate of drug-likeness (QED) is 0.867. The molecule has 0 amide bonds. The van der Waals surface area contributed by atoms with Gasteiger partial charge in [0.1, 0.15) is 0 Å². The van der Waals surface area contributed by atoms with Gasteiger partial charge in [-0.1, -0.05) is 12.1 Å². The predicted molar refractivity (Wildman–Crippen MR) is 67.9 cm³/mol. The number of fused-ring (bicyclic) bond motifs is 1. The fourth-order valence-electron chi connectivity index (χ4n) is 2.58. The molecule has 0 aromatic heterocycles. The van der Waals surface area contributed by atoms with E-state index in [0.29, 0.717) is 6.79 Å². The van der Waals surface area contributed by atoms with Gasteiger partial charge in [0, 0.05) is 25.8 Å². The molecule has 18 heavy (non-hydrogen) atoms. The maximum absolute atomic E-state index is 5.59. The number of ether oxygens (including phenoxy) is 3. The molecule has 0 saturated heterocycles. The fraction of sp³-hybridized carbons (Fsp3) is 0.571. The lowest BCUT2D eigenvalue weighted by molar-refractivity contribution is -0.0695. The minimum atomic E-state index is 0.0648. The summed E-state index contributed by atoms with van der Waals surface area (Å²) in [5.41, 5.74) is 1.21. The molecule has 2 aliphatic rings. The summed E-state index contributed by atoms with van der Waals surface area (Å²) in [6.07, 6.45) is 3.58. The van der Waals surface area contributed by atoms with E-state index in [2.05, 4.69) is 11.4 Å². The van der Waals surface area contributed by atoms with E-state index in [1.807, 2.05) is 12.1 Å². The van der Waals surface area contributed by atoms with Crippen molar-refractivity contribution in [2.45, 2.75) is 31.4 Å². The second-order valence-electron chi connectivity index (χ2n) is 5.00. The molecule has 3 rings (SSSR count). The van der Waals surface area contributed by atoms with Gasteiger partial charge in [0.05, 0.1) is 5.60 Å². The van der Waals surface area contributed by atoms with E-state index >= 15 is 0 Å². The molecule has 98 valence electrons. The maximum Gasteiger partial charge on any atom is 0.231 e. The smallest absolute Gasteiger partial charge is 0.231 e. The van der Waals surface area contributed by atoms with Crippen LogP contribution in [0.1, 0.15) is 24.8 Å². The maximum atomic E-state index is 5.59. The first-order valence-corrected chi connectivity index (χ1v) is 6.46. The van der Waals surface area contributed by atoms with Crippen LogP contribution in [0.2, 0.25) is 0 Å². The molecular weight excluding hydrogens is 230 g/mol. The topological polar surface area (TPSA) is 39.7 Å². The van der Waals surface area contributed by atoms with Gasteiger partial charge in [-0.05, 0) is 25.3 Å². The summed E-state index contributed by atoms with van der Waals surface area (Å²) in [5.74, 6) is 1.73. The van der Waals surface area contributed by atoms with Crippen LogP contribution in [0.15, 0.2) is 18.2 Å². The van der Waals surface area contributed by atoms with E-state index in [9.17, 15) is 0 Å². The summed E-state index contributed by atoms with van der Waals surface area (Å²) in [6, 6.07) is 6.01. The number of hydrogen-bond acceptors (Lipinski definition) is 4. The summed E-state index contributed by atoms with van der Waals surface area (Å²) in [4.78, 5) is 0. The second-order valence-corrected chi connectivity index (χ2v) is 5.00. The zero-order chi connectivity index (χ0) is 12.4. The van der Waals surface area contributed by atoms with Crippen molar-refractivity contribution in [3.63, 3.8) is 0 Å². The first-order chi connectivity index (χ1) is 8.83. The normalized spacial score (nSPS) is 19.6. The van der Waals surface area contributed by atoms with Crippen molar-refractivity contribution in [2.75, 3.05) is 20.4 Å². The summed E-state index contributed by atoms with van der Waals surface area (Å²) in [5, 5.41) is 3.46. The van der Waals surface area contributed by atoms with Crippen molar-refractivity contribution in [3.05, 3.63) is 23.8 Å². The van der Waals surface area contributed by atoms with E-state index in [4.69, 9.17) is 14.2 Å². The summed E-state index contributed by atoms with van der Waals surface area (Å²) in [7, 11) is 1.80. The lowest BCUT2D eigenvalue weighted by Gasteiger charge is -2.40. The number of para-hydroxylation sites is 1. The molecule has 1 heterocycles. The Morgan fingerprint density at radius 1 is 1.33 bits per heavy atom. The van der Waals surface area contributed by atoms with Crippen LogP contribution >= 0.6 is 0 Å². The Morgan fingerprint density at radius 2 is 2.22 bits per heavy atom. The molecule has 0 unspecified atom stereocenters. The highest BCUT2D eigenvalue weighted by atomic mass is 16.7. The molecule has 1 aromatic rings. The Balaban J connectivity index is 1.59. The fourth-order valence-corrected chi connectivity index (χ4v) is 2.58. The van der Waals surface area contributed by atoms with Crippen LogP contribution < -0.4 is 14.8 Å². The van der Waals surface area contributed by atoms with Gasteiger partial charge in [-0.15, -0.1) is 0 Å². The lowest BCUT2D eigenvalue weighted by Crippen LogP contribution is -2.47. The number of rotatable bonds is 5. The van der Waals surface area contributed by atoms with Gasteiger partial charge in [-0.25, -0.2) is 0 Å². The molecule has 1 aliphatic carbocycles. The number of nitrogens with one attached hydrogen (secondary N) is 1. The molecule has 0 spiro atoms. The molecule has 0 bridgehead atoms. The van der Waals surface area contributed by atoms with E-state index in [1.165, 1.54) is 6.42 Å². The van der Waals surface area contributed by atoms with Crippen molar-refractivity contribution >= 4 is 0 Å². The van der Waals surface area contributed by atoms with Gasteiger partial charge in [0.2, 0.25) is 6.79 Å². The van der Waals surface area contributed by atoms with Crippen LogP contribution in [0.4, 0.5) is 0 Å². The number of hydrogen-bond donors (Lipinski definition) is 1. The van der Waals surface area contributed by atoms with Gasteiger partial charge in [0.15, 0.2) is 11.5 Å². The average molecular weight is 249 g/mol. The van der Waals surface area contributed by atoms with E-state index in [1.54, 1.807) is 7.11 Å². The molecule has 4 heteroatoms. The van der Waals surface area contributed by atoms with Crippen molar-refractivity contribution < 1.29 is 14.2 Å². The summed E-state index contributed by atoms with van der Waals surface area (Å²) in [6.45, 7) is 2.01. The molecular formula is C14H19NO3. The molecule has 4 nitrogen and oxygen atoms in total. The molecule has 1 saturated carbocycles. The van der Waals surface area contributed by atoms with E-state index < -0.39 is 0 Å². The predicted octanol–water partition coefficient (Wildman–Crippen LogP) is 2.07.